The summed E-state index contributed by atoms with van der Waals surface area (Å²) in [6.45, 7) is 0. The van der Waals surface area contributed by atoms with Gasteiger partial charge in [0.1, 0.15) is 0 Å². The van der Waals surface area contributed by atoms with Crippen molar-refractivity contribution in [1.29, 1.82) is 0 Å². The fourth-order valence-corrected chi connectivity index (χ4v) is 0. The molecule has 1 radical (unpaired) electrons. The van der Waals surface area contributed by atoms with Gasteiger partial charge < -0.3 is 0 Å². The molecule has 4 heavy (non-hydrogen) atoms. The first-order valence-electron chi connectivity index (χ1n) is 0.204. The molecule has 0 fully saturated rings. The van der Waals surface area contributed by atoms with Gasteiger partial charge >= 0.3 is 61.5 Å². The number of rotatable bonds is 0. The molecular formula is H2CaOTiV. The van der Waals surface area contributed by atoms with Crippen LogP contribution in [0.1, 0.15) is 0 Å². The van der Waals surface area contributed by atoms with Crippen molar-refractivity contribution in [2.24, 2.45) is 0 Å². The Bertz CT molecular complexity index is 8.00. The van der Waals surface area contributed by atoms with Crippen LogP contribution in [0.2, 0.25) is 0 Å². The molecule has 0 aromatic heterocycles. The molecule has 0 heterocycles. The third-order valence-electron chi connectivity index (χ3n) is 0. The Morgan fingerprint density at radius 3 is 1.25 bits per heavy atom. The molecular weight excluding hydrogens is 155 g/mol. The Labute approximate surface area is 78.5 Å². The van der Waals surface area contributed by atoms with Crippen molar-refractivity contribution in [2.45, 2.75) is 0 Å². The van der Waals surface area contributed by atoms with Crippen LogP contribution < -0.4 is 0 Å². The van der Waals surface area contributed by atoms with Crippen LogP contribution in [0.5, 0.6) is 0 Å². The fraction of sp³-hybridized carbons (Fsp3) is 0. The van der Waals surface area contributed by atoms with Crippen molar-refractivity contribution in [1.82, 2.24) is 0 Å². The Morgan fingerprint density at radius 2 is 1.25 bits per heavy atom. The first-order chi connectivity index (χ1) is 1.00. The van der Waals surface area contributed by atoms with Gasteiger partial charge in [0.2, 0.25) is 0 Å². The first kappa shape index (κ1) is 16.2. The molecule has 0 spiro atoms. The molecule has 0 atom stereocenters. The summed E-state index contributed by atoms with van der Waals surface area (Å²) >= 11 is 0.750. The molecule has 0 aliphatic carbocycles. The Morgan fingerprint density at radius 1 is 1.25 bits per heavy atom. The number of hydrogen-bond donors (Lipinski definition) is 0. The summed E-state index contributed by atoms with van der Waals surface area (Å²) in [5.41, 5.74) is 0. The second kappa shape index (κ2) is 18.3. The van der Waals surface area contributed by atoms with Crippen LogP contribution in [0.25, 0.3) is 0 Å². The van der Waals surface area contributed by atoms with Gasteiger partial charge in [-0.25, -0.2) is 0 Å². The minimum absolute atomic E-state index is 0. The van der Waals surface area contributed by atoms with E-state index in [-0.39, 0.29) is 56.3 Å². The van der Waals surface area contributed by atoms with Gasteiger partial charge in [0.15, 0.2) is 0 Å². The topological polar surface area (TPSA) is 17.1 Å². The smallest absolute Gasteiger partial charge is 0 e. The second-order valence-electron chi connectivity index (χ2n) is 0. The van der Waals surface area contributed by atoms with E-state index < -0.39 is 0 Å². The molecule has 0 aromatic rings. The molecule has 0 amide bonds. The molecule has 0 aliphatic rings. The molecule has 0 bridgehead atoms. The molecule has 0 unspecified atom stereocenters. The second-order valence-corrected chi connectivity index (χ2v) is 0. The summed E-state index contributed by atoms with van der Waals surface area (Å²) < 4.78 is 8.25. The maximum Gasteiger partial charge on any atom is 0 e. The standard InChI is InChI=1S/Ca.O.Ti.V.2H. The van der Waals surface area contributed by atoms with Gasteiger partial charge in [-0.15, -0.1) is 0 Å². The van der Waals surface area contributed by atoms with Crippen LogP contribution in [-0.2, 0) is 42.3 Å². The Balaban J connectivity index is -0.00000000500. The summed E-state index contributed by atoms with van der Waals surface area (Å²) in [5.74, 6) is 0. The van der Waals surface area contributed by atoms with Crippen LogP contribution in [0.15, 0.2) is 0 Å². The van der Waals surface area contributed by atoms with Gasteiger partial charge in [-0.1, -0.05) is 0 Å². The average Bonchev–Trinajstić information content (AvgIpc) is 1.00. The molecule has 0 saturated carbocycles. The van der Waals surface area contributed by atoms with Gasteiger partial charge in [-0.2, -0.15) is 0 Å². The molecule has 0 rings (SSSR count). The van der Waals surface area contributed by atoms with Crippen LogP contribution >= 0.6 is 0 Å². The number of hydrogen-bond acceptors (Lipinski definition) is 1. The van der Waals surface area contributed by atoms with E-state index in [1.807, 2.05) is 0 Å². The summed E-state index contributed by atoms with van der Waals surface area (Å²) in [7, 11) is 0. The third-order valence-corrected chi connectivity index (χ3v) is 0. The third kappa shape index (κ3) is 8.84. The molecule has 0 aromatic carbocycles. The molecule has 0 aliphatic heterocycles. The fourth-order valence-electron chi connectivity index (χ4n) is 0. The summed E-state index contributed by atoms with van der Waals surface area (Å²) in [6, 6.07) is 0. The Hall–Kier alpha value is 2.36. The van der Waals surface area contributed by atoms with E-state index in [0.717, 1.165) is 20.4 Å². The van der Waals surface area contributed by atoms with E-state index in [1.165, 1.54) is 0 Å². The van der Waals surface area contributed by atoms with Crippen molar-refractivity contribution in [3.05, 3.63) is 0 Å². The molecule has 0 N–H and O–H groups in total. The van der Waals surface area contributed by atoms with Gasteiger partial charge in [-0.3, -0.25) is 0 Å². The predicted molar refractivity (Wildman–Crippen MR) is 9.23 cm³/mol. The monoisotopic (exact) mass is 157 g/mol. The van der Waals surface area contributed by atoms with Crippen molar-refractivity contribution in [2.75, 3.05) is 0 Å². The van der Waals surface area contributed by atoms with E-state index in [0.29, 0.717) is 0 Å². The van der Waals surface area contributed by atoms with Gasteiger partial charge in [-0.05, 0) is 0 Å². The molecule has 19 valence electrons. The Kier molecular flexibility index (Phi) is 74.1. The van der Waals surface area contributed by atoms with Crippen molar-refractivity contribution in [3.8, 4) is 0 Å². The van der Waals surface area contributed by atoms with Crippen LogP contribution in [0.3, 0.4) is 0 Å². The van der Waals surface area contributed by atoms with E-state index in [2.05, 4.69) is 0 Å². The minimum atomic E-state index is 0. The van der Waals surface area contributed by atoms with Crippen LogP contribution in [0.4, 0.5) is 0 Å². The molecule has 1 nitrogen and oxygen atoms in total. The van der Waals surface area contributed by atoms with Gasteiger partial charge in [0, 0.05) is 18.6 Å². The molecule has 4 heteroatoms. The van der Waals surface area contributed by atoms with Gasteiger partial charge in [0.05, 0.1) is 0 Å². The van der Waals surface area contributed by atoms with Crippen molar-refractivity contribution in [3.63, 3.8) is 0 Å². The predicted octanol–water partition coefficient (Wildman–Crippen LogP) is -1.04. The first-order valence-corrected chi connectivity index (χ1v) is 0.842. The van der Waals surface area contributed by atoms with E-state index >= 15 is 0 Å². The van der Waals surface area contributed by atoms with E-state index in [1.54, 1.807) is 0 Å². The minimum Gasteiger partial charge on any atom is 0 e. The van der Waals surface area contributed by atoms with E-state index in [4.69, 9.17) is 3.32 Å². The van der Waals surface area contributed by atoms with E-state index in [9.17, 15) is 0 Å². The molecule has 0 saturated heterocycles. The largest absolute Gasteiger partial charge is 0 e. The summed E-state index contributed by atoms with van der Waals surface area (Å²) in [6.07, 6.45) is 0. The SMILES string of the molecule is [CaH2].[O]=[Ti].[V]. The zero-order chi connectivity index (χ0) is 2.00. The zero-order valence-corrected chi connectivity index (χ0v) is 4.31. The summed E-state index contributed by atoms with van der Waals surface area (Å²) in [4.78, 5) is 0. The van der Waals surface area contributed by atoms with Crippen molar-refractivity contribution < 1.29 is 42.3 Å². The van der Waals surface area contributed by atoms with Crippen molar-refractivity contribution >= 4 is 37.7 Å². The van der Waals surface area contributed by atoms with Gasteiger partial charge in [0.25, 0.3) is 0 Å². The zero-order valence-electron chi connectivity index (χ0n) is 1.36. The normalized spacial score (nSPS) is 0.750. The van der Waals surface area contributed by atoms with Crippen LogP contribution in [-0.4, -0.2) is 37.7 Å². The maximum absolute atomic E-state index is 8.25. The quantitative estimate of drug-likeness (QED) is 0.410. The average molecular weight is 157 g/mol. The summed E-state index contributed by atoms with van der Waals surface area (Å²) in [5, 5.41) is 0. The van der Waals surface area contributed by atoms with Crippen LogP contribution in [0, 0.1) is 0 Å². The maximum atomic E-state index is 8.25.